The van der Waals surface area contributed by atoms with Crippen molar-refractivity contribution in [3.63, 3.8) is 0 Å². The number of amides is 1. The number of anilines is 1. The standard InChI is InChI=1S/C26H27F4N3O3S/c1-17-22(25(34)31-19-6-8-20(9-7-19)37(2,35)36)16-33(14-13-32-11-3-4-12-32)24(17)21-10-5-18(27)15-23(21)26(28,29)30/h5-10,15-16H,3-4,11-14H2,1-2H3,(H,31,34). The van der Waals surface area contributed by atoms with E-state index >= 15 is 0 Å². The SMILES string of the molecule is Cc1c(C(=O)Nc2ccc(S(C)(=O)=O)cc2)cn(CCN2CCCC2)c1-c1ccc(F)cc1C(F)(F)F. The third-order valence-corrected chi connectivity index (χ3v) is 7.64. The van der Waals surface area contributed by atoms with E-state index in [4.69, 9.17) is 0 Å². The van der Waals surface area contributed by atoms with Crippen molar-refractivity contribution >= 4 is 21.4 Å². The van der Waals surface area contributed by atoms with Crippen molar-refractivity contribution in [3.05, 3.63) is 71.2 Å². The van der Waals surface area contributed by atoms with E-state index in [1.165, 1.54) is 30.5 Å². The van der Waals surface area contributed by atoms with Crippen LogP contribution in [0.15, 0.2) is 53.6 Å². The number of halogens is 4. The summed E-state index contributed by atoms with van der Waals surface area (Å²) in [7, 11) is -3.41. The van der Waals surface area contributed by atoms with Gasteiger partial charge in [0.25, 0.3) is 5.91 Å². The first-order chi connectivity index (χ1) is 17.3. The van der Waals surface area contributed by atoms with E-state index in [0.29, 0.717) is 30.4 Å². The number of benzene rings is 2. The predicted octanol–water partition coefficient (Wildman–Crippen LogP) is 5.37. The van der Waals surface area contributed by atoms with Crippen LogP contribution in [0.25, 0.3) is 11.3 Å². The fourth-order valence-corrected chi connectivity index (χ4v) is 5.25. The van der Waals surface area contributed by atoms with Gasteiger partial charge in [0.05, 0.1) is 21.7 Å². The number of carbonyl (C=O) groups is 1. The molecule has 6 nitrogen and oxygen atoms in total. The first-order valence-corrected chi connectivity index (χ1v) is 13.6. The maximum Gasteiger partial charge on any atom is 0.417 e. The van der Waals surface area contributed by atoms with Gasteiger partial charge >= 0.3 is 6.18 Å². The summed E-state index contributed by atoms with van der Waals surface area (Å²) in [5, 5.41) is 2.68. The molecule has 11 heteroatoms. The zero-order chi connectivity index (χ0) is 27.0. The van der Waals surface area contributed by atoms with E-state index in [9.17, 15) is 30.8 Å². The van der Waals surface area contributed by atoms with Gasteiger partial charge in [-0.1, -0.05) is 0 Å². The van der Waals surface area contributed by atoms with Crippen molar-refractivity contribution in [3.8, 4) is 11.3 Å². The van der Waals surface area contributed by atoms with Crippen LogP contribution >= 0.6 is 0 Å². The van der Waals surface area contributed by atoms with Gasteiger partial charge in [0.1, 0.15) is 5.82 Å². The highest BCUT2D eigenvalue weighted by molar-refractivity contribution is 7.90. The summed E-state index contributed by atoms with van der Waals surface area (Å²) in [6.45, 7) is 4.30. The summed E-state index contributed by atoms with van der Waals surface area (Å²) in [6.07, 6.45) is -0.0950. The molecule has 37 heavy (non-hydrogen) atoms. The first kappa shape index (κ1) is 26.9. The van der Waals surface area contributed by atoms with Crippen LogP contribution in [-0.2, 0) is 22.6 Å². The Kier molecular flexibility index (Phi) is 7.48. The smallest absolute Gasteiger partial charge is 0.345 e. The first-order valence-electron chi connectivity index (χ1n) is 11.8. The molecule has 0 atom stereocenters. The number of aromatic nitrogens is 1. The summed E-state index contributed by atoms with van der Waals surface area (Å²) in [5.41, 5.74) is -0.293. The van der Waals surface area contributed by atoms with Crippen LogP contribution < -0.4 is 5.32 Å². The highest BCUT2D eigenvalue weighted by atomic mass is 32.2. The highest BCUT2D eigenvalue weighted by Crippen LogP contribution is 2.40. The minimum absolute atomic E-state index is 0.0908. The van der Waals surface area contributed by atoms with Gasteiger partial charge in [0.15, 0.2) is 9.84 Å². The summed E-state index contributed by atoms with van der Waals surface area (Å²) in [5.74, 6) is -1.55. The van der Waals surface area contributed by atoms with Crippen LogP contribution in [0.4, 0.5) is 23.2 Å². The van der Waals surface area contributed by atoms with Crippen LogP contribution in [-0.4, -0.2) is 49.7 Å². The molecule has 2 aromatic carbocycles. The Bertz CT molecular complexity index is 1410. The van der Waals surface area contributed by atoms with E-state index in [2.05, 4.69) is 10.2 Å². The van der Waals surface area contributed by atoms with E-state index < -0.39 is 33.3 Å². The second-order valence-electron chi connectivity index (χ2n) is 9.20. The number of carbonyl (C=O) groups excluding carboxylic acids is 1. The topological polar surface area (TPSA) is 71.4 Å². The Balaban J connectivity index is 1.73. The molecule has 1 N–H and O–H groups in total. The van der Waals surface area contributed by atoms with Gasteiger partial charge in [-0.2, -0.15) is 13.2 Å². The fourth-order valence-electron chi connectivity index (χ4n) is 4.62. The Morgan fingerprint density at radius 3 is 2.27 bits per heavy atom. The van der Waals surface area contributed by atoms with E-state index in [0.717, 1.165) is 44.3 Å². The molecule has 198 valence electrons. The van der Waals surface area contributed by atoms with Crippen molar-refractivity contribution in [1.29, 1.82) is 0 Å². The highest BCUT2D eigenvalue weighted by Gasteiger charge is 2.36. The van der Waals surface area contributed by atoms with Crippen LogP contribution in [0.1, 0.15) is 34.3 Å². The molecule has 0 radical (unpaired) electrons. The van der Waals surface area contributed by atoms with Crippen LogP contribution in [0.2, 0.25) is 0 Å². The van der Waals surface area contributed by atoms with Gasteiger partial charge in [-0.3, -0.25) is 4.79 Å². The normalized spacial score (nSPS) is 14.8. The largest absolute Gasteiger partial charge is 0.417 e. The molecule has 2 heterocycles. The van der Waals surface area contributed by atoms with E-state index in [1.54, 1.807) is 11.5 Å². The lowest BCUT2D eigenvalue weighted by molar-refractivity contribution is -0.137. The molecule has 1 fully saturated rings. The molecule has 1 amide bonds. The number of alkyl halides is 3. The summed E-state index contributed by atoms with van der Waals surface area (Å²) in [4.78, 5) is 15.5. The second kappa shape index (κ2) is 10.3. The van der Waals surface area contributed by atoms with Gasteiger partial charge < -0.3 is 14.8 Å². The summed E-state index contributed by atoms with van der Waals surface area (Å²) < 4.78 is 80.4. The zero-order valence-corrected chi connectivity index (χ0v) is 21.2. The lowest BCUT2D eigenvalue weighted by atomic mass is 9.99. The van der Waals surface area contributed by atoms with Crippen molar-refractivity contribution in [2.24, 2.45) is 0 Å². The molecule has 1 aromatic heterocycles. The maximum atomic E-state index is 13.9. The molecule has 0 spiro atoms. The quantitative estimate of drug-likeness (QED) is 0.412. The van der Waals surface area contributed by atoms with E-state index in [1.807, 2.05) is 0 Å². The number of hydrogen-bond donors (Lipinski definition) is 1. The maximum absolute atomic E-state index is 13.9. The summed E-state index contributed by atoms with van der Waals surface area (Å²) in [6, 6.07) is 8.14. The number of nitrogens with one attached hydrogen (secondary N) is 1. The lowest BCUT2D eigenvalue weighted by Gasteiger charge is -2.19. The molecule has 0 bridgehead atoms. The average molecular weight is 538 g/mol. The minimum Gasteiger partial charge on any atom is -0.345 e. The molecule has 0 unspecified atom stereocenters. The van der Waals surface area contributed by atoms with Crippen LogP contribution in [0.5, 0.6) is 0 Å². The second-order valence-corrected chi connectivity index (χ2v) is 11.2. The molecular weight excluding hydrogens is 510 g/mol. The molecule has 3 aromatic rings. The third kappa shape index (κ3) is 6.04. The van der Waals surface area contributed by atoms with Gasteiger partial charge in [-0.05, 0) is 80.9 Å². The van der Waals surface area contributed by atoms with Crippen molar-refractivity contribution in [1.82, 2.24) is 9.47 Å². The Labute approximate surface area is 212 Å². The molecular formula is C26H27F4N3O3S. The molecule has 4 rings (SSSR count). The number of nitrogens with zero attached hydrogens (tertiary/aromatic N) is 2. The fraction of sp³-hybridized carbons (Fsp3) is 0.346. The third-order valence-electron chi connectivity index (χ3n) is 6.51. The minimum atomic E-state index is -4.79. The lowest BCUT2D eigenvalue weighted by Crippen LogP contribution is -2.24. The van der Waals surface area contributed by atoms with Crippen molar-refractivity contribution in [2.45, 2.75) is 37.4 Å². The summed E-state index contributed by atoms with van der Waals surface area (Å²) >= 11 is 0. The zero-order valence-electron chi connectivity index (χ0n) is 20.4. The molecule has 0 saturated carbocycles. The predicted molar refractivity (Wildman–Crippen MR) is 133 cm³/mol. The number of rotatable bonds is 7. The Morgan fingerprint density at radius 2 is 1.68 bits per heavy atom. The number of hydrogen-bond acceptors (Lipinski definition) is 4. The van der Waals surface area contributed by atoms with Gasteiger partial charge in [-0.25, -0.2) is 12.8 Å². The van der Waals surface area contributed by atoms with Gasteiger partial charge in [0.2, 0.25) is 0 Å². The Hall–Kier alpha value is -3.18. The molecule has 1 aliphatic rings. The number of sulfone groups is 1. The van der Waals surface area contributed by atoms with Crippen molar-refractivity contribution in [2.75, 3.05) is 31.2 Å². The monoisotopic (exact) mass is 537 g/mol. The van der Waals surface area contributed by atoms with Gasteiger partial charge in [-0.15, -0.1) is 0 Å². The van der Waals surface area contributed by atoms with E-state index in [-0.39, 0.29) is 21.7 Å². The average Bonchev–Trinajstić information content (AvgIpc) is 3.45. The van der Waals surface area contributed by atoms with Gasteiger partial charge in [0, 0.05) is 36.8 Å². The molecule has 1 saturated heterocycles. The molecule has 1 aliphatic heterocycles. The van der Waals surface area contributed by atoms with Crippen LogP contribution in [0, 0.1) is 12.7 Å². The molecule has 0 aliphatic carbocycles. The Morgan fingerprint density at radius 1 is 1.03 bits per heavy atom. The number of likely N-dealkylation sites (tertiary alicyclic amines) is 1. The van der Waals surface area contributed by atoms with Crippen molar-refractivity contribution < 1.29 is 30.8 Å². The van der Waals surface area contributed by atoms with Crippen LogP contribution in [0.3, 0.4) is 0 Å².